The number of aryl methyl sites for hydroxylation is 1. The molecule has 0 amide bonds. The van der Waals surface area contributed by atoms with Gasteiger partial charge in [0.05, 0.1) is 19.2 Å². The molecule has 140 valence electrons. The van der Waals surface area contributed by atoms with Gasteiger partial charge in [-0.3, -0.25) is 0 Å². The smallest absolute Gasteiger partial charge is 0.212 e. The molecule has 1 unspecified atom stereocenters. The average molecular weight is 403 g/mol. The fourth-order valence-corrected chi connectivity index (χ4v) is 4.37. The number of nitrogens with one attached hydrogen (secondary N) is 1. The van der Waals surface area contributed by atoms with Crippen molar-refractivity contribution < 1.29 is 9.47 Å². The summed E-state index contributed by atoms with van der Waals surface area (Å²) in [6.45, 7) is 2.10. The van der Waals surface area contributed by atoms with Gasteiger partial charge in [0, 0.05) is 17.2 Å². The molecule has 0 fully saturated rings. The largest absolute Gasteiger partial charge is 0.496 e. The zero-order chi connectivity index (χ0) is 19.0. The molecule has 1 aromatic heterocycles. The normalized spacial score (nSPS) is 15.3. The number of benzene rings is 2. The molecule has 27 heavy (non-hydrogen) atoms. The summed E-state index contributed by atoms with van der Waals surface area (Å²) >= 11 is 7.93. The first kappa shape index (κ1) is 18.0. The molecule has 0 saturated carbocycles. The fourth-order valence-electron chi connectivity index (χ4n) is 3.13. The lowest BCUT2D eigenvalue weighted by atomic mass is 10.1. The number of halogens is 1. The van der Waals surface area contributed by atoms with Crippen molar-refractivity contribution in [3.05, 3.63) is 52.5 Å². The van der Waals surface area contributed by atoms with E-state index in [-0.39, 0.29) is 5.37 Å². The molecule has 0 aliphatic carbocycles. The highest BCUT2D eigenvalue weighted by atomic mass is 35.5. The maximum absolute atomic E-state index is 6.34. The Labute approximate surface area is 166 Å². The monoisotopic (exact) mass is 402 g/mol. The van der Waals surface area contributed by atoms with Crippen LogP contribution in [0.4, 0.5) is 0 Å². The van der Waals surface area contributed by atoms with Crippen LogP contribution in [0.15, 0.2) is 41.6 Å². The molecule has 2 aromatic carbocycles. The lowest BCUT2D eigenvalue weighted by Gasteiger charge is -2.18. The van der Waals surface area contributed by atoms with Gasteiger partial charge in [0.15, 0.2) is 5.82 Å². The molecule has 4 rings (SSSR count). The van der Waals surface area contributed by atoms with Crippen molar-refractivity contribution >= 4 is 23.4 Å². The third-order valence-electron chi connectivity index (χ3n) is 4.51. The summed E-state index contributed by atoms with van der Waals surface area (Å²) in [4.78, 5) is 0. The molecule has 8 heteroatoms. The molecule has 6 nitrogen and oxygen atoms in total. The SMILES string of the molecule is CCc1cc(C2Nn3c(nnc3-c3ccccc3Cl)S2)c(OC)cc1OC. The lowest BCUT2D eigenvalue weighted by molar-refractivity contribution is 0.388. The Morgan fingerprint density at radius 1 is 1.15 bits per heavy atom. The Bertz CT molecular complexity index is 992. The second-order valence-corrected chi connectivity index (χ2v) is 7.49. The molecular formula is C19H19ClN4O2S. The molecule has 0 radical (unpaired) electrons. The van der Waals surface area contributed by atoms with Crippen LogP contribution in [-0.2, 0) is 6.42 Å². The predicted octanol–water partition coefficient (Wildman–Crippen LogP) is 4.53. The second kappa shape index (κ2) is 7.32. The Morgan fingerprint density at radius 3 is 2.63 bits per heavy atom. The Morgan fingerprint density at radius 2 is 1.93 bits per heavy atom. The summed E-state index contributed by atoms with van der Waals surface area (Å²) in [6, 6.07) is 11.7. The van der Waals surface area contributed by atoms with Crippen molar-refractivity contribution in [3.63, 3.8) is 0 Å². The van der Waals surface area contributed by atoms with Crippen LogP contribution >= 0.6 is 23.4 Å². The van der Waals surface area contributed by atoms with E-state index >= 15 is 0 Å². The summed E-state index contributed by atoms with van der Waals surface area (Å²) in [5.74, 6) is 2.29. The molecule has 0 spiro atoms. The Balaban J connectivity index is 1.71. The number of nitrogens with zero attached hydrogens (tertiary/aromatic N) is 3. The van der Waals surface area contributed by atoms with Gasteiger partial charge in [-0.2, -0.15) is 0 Å². The van der Waals surface area contributed by atoms with Crippen LogP contribution in [0.3, 0.4) is 0 Å². The fraction of sp³-hybridized carbons (Fsp3) is 0.263. The molecule has 0 bridgehead atoms. The maximum Gasteiger partial charge on any atom is 0.212 e. The number of aromatic nitrogens is 3. The van der Waals surface area contributed by atoms with Gasteiger partial charge in [-0.05, 0) is 30.2 Å². The number of methoxy groups -OCH3 is 2. The van der Waals surface area contributed by atoms with Gasteiger partial charge < -0.3 is 14.9 Å². The quantitative estimate of drug-likeness (QED) is 0.676. The summed E-state index contributed by atoms with van der Waals surface area (Å²) in [5.41, 5.74) is 6.47. The van der Waals surface area contributed by atoms with E-state index in [1.54, 1.807) is 26.0 Å². The van der Waals surface area contributed by atoms with Crippen molar-refractivity contribution in [3.8, 4) is 22.9 Å². The van der Waals surface area contributed by atoms with E-state index in [0.29, 0.717) is 10.8 Å². The molecule has 1 aliphatic rings. The number of rotatable bonds is 5. The molecule has 2 heterocycles. The highest BCUT2D eigenvalue weighted by Crippen LogP contribution is 2.45. The number of hydrogen-bond donors (Lipinski definition) is 1. The molecular weight excluding hydrogens is 384 g/mol. The third-order valence-corrected chi connectivity index (χ3v) is 5.91. The number of fused-ring (bicyclic) bond motifs is 1. The second-order valence-electron chi connectivity index (χ2n) is 6.01. The first-order valence-corrected chi connectivity index (χ1v) is 9.80. The van der Waals surface area contributed by atoms with Crippen molar-refractivity contribution in [1.82, 2.24) is 14.9 Å². The van der Waals surface area contributed by atoms with E-state index < -0.39 is 0 Å². The van der Waals surface area contributed by atoms with Gasteiger partial charge in [0.2, 0.25) is 5.16 Å². The zero-order valence-corrected chi connectivity index (χ0v) is 16.8. The van der Waals surface area contributed by atoms with Gasteiger partial charge >= 0.3 is 0 Å². The van der Waals surface area contributed by atoms with Gasteiger partial charge in [0.1, 0.15) is 16.9 Å². The number of hydrogen-bond acceptors (Lipinski definition) is 6. The molecule has 3 aromatic rings. The van der Waals surface area contributed by atoms with Crippen LogP contribution in [0, 0.1) is 0 Å². The van der Waals surface area contributed by atoms with E-state index in [1.165, 1.54) is 0 Å². The summed E-state index contributed by atoms with van der Waals surface area (Å²) < 4.78 is 13.0. The van der Waals surface area contributed by atoms with Crippen molar-refractivity contribution in [2.24, 2.45) is 0 Å². The Hall–Kier alpha value is -2.38. The first-order chi connectivity index (χ1) is 13.2. The van der Waals surface area contributed by atoms with Crippen LogP contribution in [0.5, 0.6) is 11.5 Å². The van der Waals surface area contributed by atoms with Crippen LogP contribution in [0.1, 0.15) is 23.4 Å². The lowest BCUT2D eigenvalue weighted by Crippen LogP contribution is -2.15. The van der Waals surface area contributed by atoms with Gasteiger partial charge in [-0.15, -0.1) is 10.2 Å². The third kappa shape index (κ3) is 3.11. The highest BCUT2D eigenvalue weighted by Gasteiger charge is 2.31. The van der Waals surface area contributed by atoms with Crippen LogP contribution in [0.25, 0.3) is 11.4 Å². The summed E-state index contributed by atoms with van der Waals surface area (Å²) in [6.07, 6.45) is 0.870. The van der Waals surface area contributed by atoms with Crippen molar-refractivity contribution in [1.29, 1.82) is 0 Å². The minimum absolute atomic E-state index is 0.0529. The molecule has 0 saturated heterocycles. The molecule has 1 atom stereocenters. The standard InChI is InChI=1S/C19H19ClN4O2S/c1-4-11-9-13(16(26-3)10-15(11)25-2)18-23-24-17(21-22-19(24)27-18)12-7-5-6-8-14(12)20/h5-10,18,23H,4H2,1-3H3. The number of thioether (sulfide) groups is 1. The van der Waals surface area contributed by atoms with E-state index in [0.717, 1.165) is 39.8 Å². The van der Waals surface area contributed by atoms with Crippen LogP contribution in [-0.4, -0.2) is 29.1 Å². The average Bonchev–Trinajstić information content (AvgIpc) is 3.28. The van der Waals surface area contributed by atoms with E-state index in [2.05, 4.69) is 28.6 Å². The van der Waals surface area contributed by atoms with E-state index in [9.17, 15) is 0 Å². The van der Waals surface area contributed by atoms with Gasteiger partial charge in [-0.25, -0.2) is 4.68 Å². The minimum atomic E-state index is -0.0529. The van der Waals surface area contributed by atoms with Crippen molar-refractivity contribution in [2.75, 3.05) is 19.6 Å². The van der Waals surface area contributed by atoms with E-state index in [4.69, 9.17) is 21.1 Å². The maximum atomic E-state index is 6.34. The van der Waals surface area contributed by atoms with E-state index in [1.807, 2.05) is 35.0 Å². The van der Waals surface area contributed by atoms with Gasteiger partial charge in [-0.1, -0.05) is 42.4 Å². The predicted molar refractivity (Wildman–Crippen MR) is 107 cm³/mol. The minimum Gasteiger partial charge on any atom is -0.496 e. The highest BCUT2D eigenvalue weighted by molar-refractivity contribution is 7.99. The van der Waals surface area contributed by atoms with Crippen LogP contribution < -0.4 is 14.9 Å². The van der Waals surface area contributed by atoms with Crippen molar-refractivity contribution in [2.45, 2.75) is 23.9 Å². The first-order valence-electron chi connectivity index (χ1n) is 8.54. The zero-order valence-electron chi connectivity index (χ0n) is 15.2. The number of ether oxygens (including phenoxy) is 2. The summed E-state index contributed by atoms with van der Waals surface area (Å²) in [7, 11) is 3.34. The molecule has 1 N–H and O–H groups in total. The summed E-state index contributed by atoms with van der Waals surface area (Å²) in [5, 5.41) is 9.97. The topological polar surface area (TPSA) is 61.2 Å². The van der Waals surface area contributed by atoms with Crippen LogP contribution in [0.2, 0.25) is 5.02 Å². The van der Waals surface area contributed by atoms with Gasteiger partial charge in [0.25, 0.3) is 0 Å². The Kier molecular flexibility index (Phi) is 4.88. The molecule has 1 aliphatic heterocycles.